The molecule has 0 unspecified atom stereocenters. The molecule has 0 bridgehead atoms. The second-order valence-electron chi connectivity index (χ2n) is 12.8. The zero-order chi connectivity index (χ0) is 32.0. The Bertz CT molecular complexity index is 2480. The van der Waals surface area contributed by atoms with Gasteiger partial charge >= 0.3 is 0 Å². The number of hydrogen-bond acceptors (Lipinski definition) is 1. The fourth-order valence-electron chi connectivity index (χ4n) is 7.96. The summed E-state index contributed by atoms with van der Waals surface area (Å²) in [6.07, 6.45) is 9.67. The van der Waals surface area contributed by atoms with Crippen LogP contribution in [0.3, 0.4) is 0 Å². The van der Waals surface area contributed by atoms with E-state index in [1.807, 2.05) is 6.20 Å². The number of fused-ring (bicyclic) bond motifs is 4. The molecule has 0 atom stereocenters. The number of benzene rings is 7. The molecule has 1 aliphatic rings. The highest BCUT2D eigenvalue weighted by Gasteiger charge is 2.19. The van der Waals surface area contributed by atoms with Gasteiger partial charge in [0, 0.05) is 17.3 Å². The van der Waals surface area contributed by atoms with Crippen molar-refractivity contribution in [2.75, 3.05) is 0 Å². The number of hydrogen-bond donors (Lipinski definition) is 0. The fourth-order valence-corrected chi connectivity index (χ4v) is 7.96. The van der Waals surface area contributed by atoms with Gasteiger partial charge in [-0.05, 0) is 102 Å². The van der Waals surface area contributed by atoms with E-state index >= 15 is 0 Å². The molecule has 1 heterocycles. The molecule has 0 radical (unpaired) electrons. The van der Waals surface area contributed by atoms with Crippen molar-refractivity contribution in [1.29, 1.82) is 0 Å². The zero-order valence-corrected chi connectivity index (χ0v) is 27.1. The van der Waals surface area contributed by atoms with Crippen LogP contribution in [0.5, 0.6) is 0 Å². The van der Waals surface area contributed by atoms with Gasteiger partial charge in [-0.3, -0.25) is 4.98 Å². The number of allylic oxidation sites excluding steroid dienone is 1. The van der Waals surface area contributed by atoms with Crippen LogP contribution in [0.4, 0.5) is 0 Å². The van der Waals surface area contributed by atoms with Gasteiger partial charge in [0.1, 0.15) is 0 Å². The van der Waals surface area contributed by atoms with Crippen molar-refractivity contribution in [2.24, 2.45) is 0 Å². The van der Waals surface area contributed by atoms with E-state index in [9.17, 15) is 0 Å². The molecule has 1 aromatic heterocycles. The quantitative estimate of drug-likeness (QED) is 0.176. The molecule has 1 nitrogen and oxygen atoms in total. The molecule has 8 aromatic rings. The number of aryl methyl sites for hydroxylation is 2. The first-order valence-corrected chi connectivity index (χ1v) is 17.1. The maximum Gasteiger partial charge on any atom is 0.0786 e. The van der Waals surface area contributed by atoms with Gasteiger partial charge in [0.05, 0.1) is 5.69 Å². The summed E-state index contributed by atoms with van der Waals surface area (Å²) in [5.41, 5.74) is 13.8. The van der Waals surface area contributed by atoms with Crippen molar-refractivity contribution in [1.82, 2.24) is 4.98 Å². The van der Waals surface area contributed by atoms with Crippen LogP contribution < -0.4 is 0 Å². The predicted molar refractivity (Wildman–Crippen MR) is 205 cm³/mol. The third-order valence-electron chi connectivity index (χ3n) is 10.2. The topological polar surface area (TPSA) is 12.9 Å². The second kappa shape index (κ2) is 11.8. The molecule has 0 saturated carbocycles. The summed E-state index contributed by atoms with van der Waals surface area (Å²) >= 11 is 0. The molecule has 0 N–H and O–H groups in total. The molecule has 0 amide bonds. The Hall–Kier alpha value is -5.79. The molecule has 0 fully saturated rings. The van der Waals surface area contributed by atoms with Crippen LogP contribution in [0.1, 0.15) is 30.0 Å². The Balaban J connectivity index is 1.23. The maximum atomic E-state index is 4.93. The van der Waals surface area contributed by atoms with E-state index in [0.29, 0.717) is 0 Å². The molecule has 228 valence electrons. The summed E-state index contributed by atoms with van der Waals surface area (Å²) in [5.74, 6) is 0. The summed E-state index contributed by atoms with van der Waals surface area (Å²) < 4.78 is 0. The average molecular weight is 614 g/mol. The summed E-state index contributed by atoms with van der Waals surface area (Å²) in [6, 6.07) is 51.5. The lowest BCUT2D eigenvalue weighted by atomic mass is 9.84. The van der Waals surface area contributed by atoms with Crippen molar-refractivity contribution in [3.05, 3.63) is 168 Å². The molecule has 1 aliphatic carbocycles. The maximum absolute atomic E-state index is 4.93. The Kier molecular flexibility index (Phi) is 6.98. The minimum absolute atomic E-state index is 1.02. The zero-order valence-electron chi connectivity index (χ0n) is 27.1. The van der Waals surface area contributed by atoms with E-state index in [1.165, 1.54) is 82.4 Å². The lowest BCUT2D eigenvalue weighted by Gasteiger charge is -2.20. The minimum Gasteiger partial charge on any atom is -0.256 e. The Morgan fingerprint density at radius 2 is 1.12 bits per heavy atom. The highest BCUT2D eigenvalue weighted by atomic mass is 14.7. The van der Waals surface area contributed by atoms with Gasteiger partial charge in [0.2, 0.25) is 0 Å². The first-order valence-electron chi connectivity index (χ1n) is 17.1. The highest BCUT2D eigenvalue weighted by Crippen LogP contribution is 2.46. The van der Waals surface area contributed by atoms with Gasteiger partial charge in [-0.15, -0.1) is 0 Å². The van der Waals surface area contributed by atoms with Gasteiger partial charge in [-0.1, -0.05) is 153 Å². The van der Waals surface area contributed by atoms with E-state index in [4.69, 9.17) is 4.98 Å². The van der Waals surface area contributed by atoms with Gasteiger partial charge in [0.15, 0.2) is 0 Å². The largest absolute Gasteiger partial charge is 0.256 e. The van der Waals surface area contributed by atoms with E-state index in [0.717, 1.165) is 30.5 Å². The molecule has 48 heavy (non-hydrogen) atoms. The number of rotatable bonds is 5. The molecule has 1 heteroatoms. The monoisotopic (exact) mass is 613 g/mol. The molecule has 0 saturated heterocycles. The Morgan fingerprint density at radius 1 is 0.500 bits per heavy atom. The number of pyridine rings is 1. The molecule has 0 aliphatic heterocycles. The van der Waals surface area contributed by atoms with E-state index in [1.54, 1.807) is 0 Å². The standard InChI is InChI=1S/C47H35N/c1-2-31-28-29-43(38-17-6-5-15-35(31)38)46-41-20-9-7-18-39(41)45(40-19-8-10-21-42(40)46)34-26-24-33(25-27-34)37-23-12-30-48-47(37)44-22-11-14-32-13-3-4-16-36(32)44/h4-12,14-30H,2-3,13H2,1H3. The number of aromatic nitrogens is 1. The number of nitrogens with zero attached hydrogens (tertiary/aromatic N) is 1. The van der Waals surface area contributed by atoms with Crippen molar-refractivity contribution in [3.63, 3.8) is 0 Å². The van der Waals surface area contributed by atoms with Gasteiger partial charge in [-0.2, -0.15) is 0 Å². The van der Waals surface area contributed by atoms with E-state index in [2.05, 4.69) is 159 Å². The van der Waals surface area contributed by atoms with Gasteiger partial charge in [-0.25, -0.2) is 0 Å². The van der Waals surface area contributed by atoms with Gasteiger partial charge in [0.25, 0.3) is 0 Å². The lowest BCUT2D eigenvalue weighted by Crippen LogP contribution is -1.98. The molecule has 9 rings (SSSR count). The summed E-state index contributed by atoms with van der Waals surface area (Å²) in [7, 11) is 0. The smallest absolute Gasteiger partial charge is 0.0786 e. The van der Waals surface area contributed by atoms with Crippen LogP contribution in [0.2, 0.25) is 0 Å². The fraction of sp³-hybridized carbons (Fsp3) is 0.0851. The van der Waals surface area contributed by atoms with Crippen LogP contribution in [-0.4, -0.2) is 4.98 Å². The van der Waals surface area contributed by atoms with Gasteiger partial charge < -0.3 is 0 Å². The molecular weight excluding hydrogens is 579 g/mol. The first-order chi connectivity index (χ1) is 23.8. The lowest BCUT2D eigenvalue weighted by molar-refractivity contribution is 0.986. The molecule has 7 aromatic carbocycles. The van der Waals surface area contributed by atoms with Crippen molar-refractivity contribution in [2.45, 2.75) is 26.2 Å². The van der Waals surface area contributed by atoms with Crippen molar-refractivity contribution >= 4 is 38.4 Å². The average Bonchev–Trinajstić information content (AvgIpc) is 3.16. The normalized spacial score (nSPS) is 12.5. The van der Waals surface area contributed by atoms with Crippen LogP contribution in [0.25, 0.3) is 83.0 Å². The molecule has 0 spiro atoms. The predicted octanol–water partition coefficient (Wildman–Crippen LogP) is 12.7. The van der Waals surface area contributed by atoms with Crippen molar-refractivity contribution < 1.29 is 0 Å². The summed E-state index contributed by atoms with van der Waals surface area (Å²) in [5, 5.41) is 7.75. The Morgan fingerprint density at radius 3 is 1.83 bits per heavy atom. The minimum atomic E-state index is 1.02. The summed E-state index contributed by atoms with van der Waals surface area (Å²) in [4.78, 5) is 4.93. The van der Waals surface area contributed by atoms with Crippen LogP contribution in [0.15, 0.2) is 152 Å². The Labute approximate surface area is 281 Å². The van der Waals surface area contributed by atoms with Crippen molar-refractivity contribution in [3.8, 4) is 44.6 Å². The highest BCUT2D eigenvalue weighted by molar-refractivity contribution is 6.23. The SMILES string of the molecule is CCc1ccc(-c2c3ccccc3c(-c3ccc(-c4cccnc4-c4cccc5c4C=CCC5)cc3)c3ccccc23)c2ccccc12. The third-order valence-corrected chi connectivity index (χ3v) is 10.2. The first kappa shape index (κ1) is 28.4. The summed E-state index contributed by atoms with van der Waals surface area (Å²) in [6.45, 7) is 2.24. The van der Waals surface area contributed by atoms with E-state index in [-0.39, 0.29) is 0 Å². The second-order valence-corrected chi connectivity index (χ2v) is 12.8. The van der Waals surface area contributed by atoms with E-state index < -0.39 is 0 Å². The van der Waals surface area contributed by atoms with Crippen LogP contribution >= 0.6 is 0 Å². The van der Waals surface area contributed by atoms with Crippen LogP contribution in [-0.2, 0) is 12.8 Å². The van der Waals surface area contributed by atoms with Crippen LogP contribution in [0, 0.1) is 0 Å². The third kappa shape index (κ3) is 4.58. The molecular formula is C47H35N.